The van der Waals surface area contributed by atoms with Crippen LogP contribution in [0.2, 0.25) is 0 Å². The Morgan fingerprint density at radius 2 is 1.75 bits per heavy atom. The zero-order chi connectivity index (χ0) is 19.4. The highest BCUT2D eigenvalue weighted by atomic mass is 16.5. The minimum Gasteiger partial charge on any atom is -0.497 e. The Morgan fingerprint density at radius 1 is 1.07 bits per heavy atom. The molecule has 28 heavy (non-hydrogen) atoms. The van der Waals surface area contributed by atoms with Gasteiger partial charge in [-0.15, -0.1) is 0 Å². The number of hydrogen-bond acceptors (Lipinski definition) is 3. The summed E-state index contributed by atoms with van der Waals surface area (Å²) in [5.41, 5.74) is 3.70. The molecule has 4 rings (SSSR count). The van der Waals surface area contributed by atoms with Crippen molar-refractivity contribution in [3.63, 3.8) is 0 Å². The first-order valence-electron chi connectivity index (χ1n) is 10.0. The number of carbonyl (C=O) groups excluding carboxylic acids is 1. The maximum atomic E-state index is 12.1. The van der Waals surface area contributed by atoms with Crippen LogP contribution in [-0.2, 0) is 11.3 Å². The van der Waals surface area contributed by atoms with E-state index in [1.807, 2.05) is 36.4 Å². The lowest BCUT2D eigenvalue weighted by Gasteiger charge is -2.46. The maximum Gasteiger partial charge on any atom is 0.319 e. The van der Waals surface area contributed by atoms with E-state index in [1.54, 1.807) is 7.11 Å². The number of ether oxygens (including phenoxy) is 2. The van der Waals surface area contributed by atoms with Crippen LogP contribution < -0.4 is 15.4 Å². The molecule has 1 spiro atoms. The fourth-order valence-corrected chi connectivity index (χ4v) is 4.18. The van der Waals surface area contributed by atoms with E-state index >= 15 is 0 Å². The molecule has 0 unspecified atom stereocenters. The third-order valence-corrected chi connectivity index (χ3v) is 6.11. The number of hydrogen-bond donors (Lipinski definition) is 2. The second-order valence-corrected chi connectivity index (χ2v) is 8.04. The first kappa shape index (κ1) is 18.8. The SMILES string of the molecule is COc1ccc(CNC(=O)Nc2ccc(C3CCC4(CC3)COC4)cc2)cc1. The van der Waals surface area contributed by atoms with Crippen LogP contribution >= 0.6 is 0 Å². The van der Waals surface area contributed by atoms with Crippen molar-refractivity contribution in [2.24, 2.45) is 5.41 Å². The van der Waals surface area contributed by atoms with Gasteiger partial charge in [0.2, 0.25) is 0 Å². The highest BCUT2D eigenvalue weighted by Crippen LogP contribution is 2.47. The molecule has 148 valence electrons. The Kier molecular flexibility index (Phi) is 5.53. The third-order valence-electron chi connectivity index (χ3n) is 6.11. The second kappa shape index (κ2) is 8.23. The van der Waals surface area contributed by atoms with Gasteiger partial charge in [-0.2, -0.15) is 0 Å². The van der Waals surface area contributed by atoms with Gasteiger partial charge >= 0.3 is 6.03 Å². The number of anilines is 1. The summed E-state index contributed by atoms with van der Waals surface area (Å²) in [6.07, 6.45) is 5.01. The summed E-state index contributed by atoms with van der Waals surface area (Å²) < 4.78 is 10.6. The van der Waals surface area contributed by atoms with E-state index in [0.717, 1.165) is 30.2 Å². The highest BCUT2D eigenvalue weighted by molar-refractivity contribution is 5.89. The number of carbonyl (C=O) groups is 1. The average Bonchev–Trinajstić information content (AvgIpc) is 2.72. The van der Waals surface area contributed by atoms with Crippen molar-refractivity contribution in [3.05, 3.63) is 59.7 Å². The molecule has 2 N–H and O–H groups in total. The van der Waals surface area contributed by atoms with E-state index in [2.05, 4.69) is 22.8 Å². The lowest BCUT2D eigenvalue weighted by atomic mass is 9.68. The van der Waals surface area contributed by atoms with Gasteiger partial charge in [0.15, 0.2) is 0 Å². The molecule has 0 atom stereocenters. The van der Waals surface area contributed by atoms with Crippen molar-refractivity contribution in [2.45, 2.75) is 38.1 Å². The van der Waals surface area contributed by atoms with E-state index in [0.29, 0.717) is 17.9 Å². The first-order valence-corrected chi connectivity index (χ1v) is 10.0. The number of rotatable bonds is 5. The van der Waals surface area contributed by atoms with Gasteiger partial charge in [0.1, 0.15) is 5.75 Å². The lowest BCUT2D eigenvalue weighted by Crippen LogP contribution is -2.44. The molecule has 2 aromatic carbocycles. The molecule has 1 aliphatic carbocycles. The Bertz CT molecular complexity index is 788. The predicted octanol–water partition coefficient (Wildman–Crippen LogP) is 4.69. The average molecular weight is 380 g/mol. The quantitative estimate of drug-likeness (QED) is 0.791. The molecule has 1 saturated carbocycles. The Labute approximate surface area is 166 Å². The summed E-state index contributed by atoms with van der Waals surface area (Å²) in [4.78, 5) is 12.1. The molecule has 2 aliphatic rings. The van der Waals surface area contributed by atoms with Gasteiger partial charge < -0.3 is 20.1 Å². The van der Waals surface area contributed by atoms with Crippen molar-refractivity contribution in [1.29, 1.82) is 0 Å². The van der Waals surface area contributed by atoms with Crippen molar-refractivity contribution in [2.75, 3.05) is 25.6 Å². The predicted molar refractivity (Wildman–Crippen MR) is 110 cm³/mol. The molecule has 0 radical (unpaired) electrons. The molecule has 5 nitrogen and oxygen atoms in total. The Morgan fingerprint density at radius 3 is 2.32 bits per heavy atom. The van der Waals surface area contributed by atoms with Crippen LogP contribution in [0.5, 0.6) is 5.75 Å². The summed E-state index contributed by atoms with van der Waals surface area (Å²) in [6.45, 7) is 2.38. The normalized spacial score (nSPS) is 18.3. The van der Waals surface area contributed by atoms with Crippen LogP contribution in [-0.4, -0.2) is 26.4 Å². The third kappa shape index (κ3) is 4.30. The molecule has 2 amide bonds. The van der Waals surface area contributed by atoms with E-state index in [-0.39, 0.29) is 6.03 Å². The smallest absolute Gasteiger partial charge is 0.319 e. The van der Waals surface area contributed by atoms with Gasteiger partial charge in [-0.25, -0.2) is 4.79 Å². The van der Waals surface area contributed by atoms with Crippen molar-refractivity contribution in [3.8, 4) is 5.75 Å². The molecule has 5 heteroatoms. The molecule has 2 fully saturated rings. The maximum absolute atomic E-state index is 12.1. The monoisotopic (exact) mass is 380 g/mol. The van der Waals surface area contributed by atoms with Crippen molar-refractivity contribution >= 4 is 11.7 Å². The van der Waals surface area contributed by atoms with E-state index < -0.39 is 0 Å². The summed E-state index contributed by atoms with van der Waals surface area (Å²) in [5.74, 6) is 1.44. The fraction of sp³-hybridized carbons (Fsp3) is 0.435. The molecular formula is C23H28N2O3. The molecule has 0 bridgehead atoms. The Hall–Kier alpha value is -2.53. The fourth-order valence-electron chi connectivity index (χ4n) is 4.18. The lowest BCUT2D eigenvalue weighted by molar-refractivity contribution is -0.132. The van der Waals surface area contributed by atoms with Crippen LogP contribution in [0.1, 0.15) is 42.7 Å². The molecule has 2 aromatic rings. The highest BCUT2D eigenvalue weighted by Gasteiger charge is 2.41. The summed E-state index contributed by atoms with van der Waals surface area (Å²) in [7, 11) is 1.64. The van der Waals surface area contributed by atoms with Crippen LogP contribution in [0.25, 0.3) is 0 Å². The van der Waals surface area contributed by atoms with Crippen molar-refractivity contribution in [1.82, 2.24) is 5.32 Å². The molecule has 1 saturated heterocycles. The number of amides is 2. The molecule has 0 aromatic heterocycles. The topological polar surface area (TPSA) is 59.6 Å². The van der Waals surface area contributed by atoms with E-state index in [1.165, 1.54) is 31.2 Å². The number of benzene rings is 2. The summed E-state index contributed by atoms with van der Waals surface area (Å²) in [6, 6.07) is 15.8. The summed E-state index contributed by atoms with van der Waals surface area (Å²) >= 11 is 0. The van der Waals surface area contributed by atoms with Gasteiger partial charge in [0, 0.05) is 17.6 Å². The van der Waals surface area contributed by atoms with Gasteiger partial charge in [0.05, 0.1) is 20.3 Å². The Balaban J connectivity index is 1.25. The number of urea groups is 1. The van der Waals surface area contributed by atoms with Crippen LogP contribution in [0.3, 0.4) is 0 Å². The second-order valence-electron chi connectivity index (χ2n) is 8.04. The van der Waals surface area contributed by atoms with Gasteiger partial charge in [-0.3, -0.25) is 0 Å². The minimum atomic E-state index is -0.201. The minimum absolute atomic E-state index is 0.201. The first-order chi connectivity index (χ1) is 13.7. The van der Waals surface area contributed by atoms with E-state index in [4.69, 9.17) is 9.47 Å². The van der Waals surface area contributed by atoms with Crippen LogP contribution in [0.4, 0.5) is 10.5 Å². The number of methoxy groups -OCH3 is 1. The number of nitrogens with one attached hydrogen (secondary N) is 2. The summed E-state index contributed by atoms with van der Waals surface area (Å²) in [5, 5.41) is 5.79. The molecule has 1 aliphatic heterocycles. The van der Waals surface area contributed by atoms with E-state index in [9.17, 15) is 4.79 Å². The van der Waals surface area contributed by atoms with Crippen molar-refractivity contribution < 1.29 is 14.3 Å². The van der Waals surface area contributed by atoms with Crippen LogP contribution in [0.15, 0.2) is 48.5 Å². The zero-order valence-electron chi connectivity index (χ0n) is 16.4. The molecule has 1 heterocycles. The standard InChI is InChI=1S/C23H28N2O3/c1-27-21-8-2-17(3-9-21)14-24-22(26)25-20-6-4-18(5-7-20)19-10-12-23(13-11-19)15-28-16-23/h2-9,19H,10-16H2,1H3,(H2,24,25,26). The zero-order valence-corrected chi connectivity index (χ0v) is 16.4. The van der Waals surface area contributed by atoms with Gasteiger partial charge in [0.25, 0.3) is 0 Å². The van der Waals surface area contributed by atoms with Gasteiger partial charge in [-0.1, -0.05) is 24.3 Å². The van der Waals surface area contributed by atoms with Gasteiger partial charge in [-0.05, 0) is 67.0 Å². The largest absolute Gasteiger partial charge is 0.497 e. The molecular weight excluding hydrogens is 352 g/mol. The van der Waals surface area contributed by atoms with Crippen LogP contribution in [0, 0.1) is 5.41 Å².